The van der Waals surface area contributed by atoms with Gasteiger partial charge in [0.05, 0.1) is 0 Å². The second kappa shape index (κ2) is 7.53. The highest BCUT2D eigenvalue weighted by Gasteiger charge is 2.24. The van der Waals surface area contributed by atoms with E-state index < -0.39 is 6.04 Å². The maximum absolute atomic E-state index is 12.9. The third-order valence-electron chi connectivity index (χ3n) is 3.85. The van der Waals surface area contributed by atoms with E-state index in [0.29, 0.717) is 11.3 Å². The molecule has 3 rings (SSSR count). The summed E-state index contributed by atoms with van der Waals surface area (Å²) in [6, 6.07) is 22.6. The van der Waals surface area contributed by atoms with Crippen molar-refractivity contribution < 1.29 is 9.59 Å². The van der Waals surface area contributed by atoms with Crippen LogP contribution in [0.5, 0.6) is 0 Å². The number of aryl methyl sites for hydroxylation is 1. The average molecular weight is 330 g/mol. The minimum absolute atomic E-state index is 0.159. The third kappa shape index (κ3) is 3.98. The van der Waals surface area contributed by atoms with E-state index in [0.717, 1.165) is 11.3 Å². The fraction of sp³-hybridized carbons (Fsp3) is 0.0952. The Hall–Kier alpha value is -3.27. The lowest BCUT2D eigenvalue weighted by atomic mass is 9.97. The van der Waals surface area contributed by atoms with E-state index in [1.165, 1.54) is 0 Å². The van der Waals surface area contributed by atoms with Crippen molar-refractivity contribution in [1.29, 1.82) is 0 Å². The second-order valence-corrected chi connectivity index (χ2v) is 5.71. The molecule has 4 nitrogen and oxygen atoms in total. The average Bonchev–Trinajstić information content (AvgIpc) is 2.67. The van der Waals surface area contributed by atoms with E-state index in [4.69, 9.17) is 0 Å². The molecule has 3 aromatic rings. The molecular weight excluding hydrogens is 312 g/mol. The fourth-order valence-electron chi connectivity index (χ4n) is 2.59. The minimum Gasteiger partial charge on any atom is -0.336 e. The zero-order valence-corrected chi connectivity index (χ0v) is 13.8. The van der Waals surface area contributed by atoms with Gasteiger partial charge in [-0.25, -0.2) is 4.98 Å². The fourth-order valence-corrected chi connectivity index (χ4v) is 2.59. The molecule has 0 aliphatic heterocycles. The molecule has 4 heteroatoms. The minimum atomic E-state index is -0.765. The number of ketones is 1. The van der Waals surface area contributed by atoms with E-state index in [1.807, 2.05) is 49.4 Å². The van der Waals surface area contributed by atoms with Crippen LogP contribution in [0.4, 0.5) is 0 Å². The molecule has 0 bridgehead atoms. The lowest BCUT2D eigenvalue weighted by molar-refractivity contribution is 0.0854. The van der Waals surface area contributed by atoms with Gasteiger partial charge in [-0.2, -0.15) is 0 Å². The van der Waals surface area contributed by atoms with Gasteiger partial charge in [0.25, 0.3) is 5.91 Å². The van der Waals surface area contributed by atoms with Gasteiger partial charge in [0.2, 0.25) is 0 Å². The van der Waals surface area contributed by atoms with Crippen molar-refractivity contribution in [2.75, 3.05) is 0 Å². The van der Waals surface area contributed by atoms with E-state index in [9.17, 15) is 9.59 Å². The number of aromatic nitrogens is 1. The first-order valence-electron chi connectivity index (χ1n) is 8.04. The van der Waals surface area contributed by atoms with Gasteiger partial charge in [0.1, 0.15) is 11.7 Å². The van der Waals surface area contributed by atoms with Crippen LogP contribution in [0.15, 0.2) is 78.9 Å². The number of hydrogen-bond acceptors (Lipinski definition) is 3. The molecule has 0 aliphatic carbocycles. The smallest absolute Gasteiger partial charge is 0.270 e. The number of nitrogens with zero attached hydrogens (tertiary/aromatic N) is 1. The molecule has 1 heterocycles. The first-order chi connectivity index (χ1) is 12.1. The number of Topliss-reactive ketones (excluding diaryl/α,β-unsaturated/α-hetero) is 1. The number of rotatable bonds is 5. The number of carbonyl (C=O) groups is 2. The highest BCUT2D eigenvalue weighted by Crippen LogP contribution is 2.19. The van der Waals surface area contributed by atoms with Crippen molar-refractivity contribution in [1.82, 2.24) is 10.3 Å². The maximum atomic E-state index is 12.9. The molecule has 124 valence electrons. The van der Waals surface area contributed by atoms with Crippen LogP contribution < -0.4 is 5.32 Å². The second-order valence-electron chi connectivity index (χ2n) is 5.71. The van der Waals surface area contributed by atoms with Gasteiger partial charge in [-0.15, -0.1) is 0 Å². The van der Waals surface area contributed by atoms with E-state index in [1.54, 1.807) is 36.4 Å². The summed E-state index contributed by atoms with van der Waals surface area (Å²) < 4.78 is 0. The Morgan fingerprint density at radius 3 is 2.12 bits per heavy atom. The highest BCUT2D eigenvalue weighted by atomic mass is 16.2. The van der Waals surface area contributed by atoms with Gasteiger partial charge in [-0.1, -0.05) is 66.7 Å². The molecular formula is C21H18N2O2. The summed E-state index contributed by atoms with van der Waals surface area (Å²) in [5.74, 6) is -0.533. The van der Waals surface area contributed by atoms with Crippen LogP contribution in [-0.4, -0.2) is 16.7 Å². The summed E-state index contributed by atoms with van der Waals surface area (Å²) in [6.45, 7) is 1.82. The normalized spacial score (nSPS) is 11.6. The highest BCUT2D eigenvalue weighted by molar-refractivity contribution is 6.04. The zero-order valence-electron chi connectivity index (χ0n) is 13.8. The molecule has 25 heavy (non-hydrogen) atoms. The van der Waals surface area contributed by atoms with Crippen LogP contribution >= 0.6 is 0 Å². The molecule has 0 aliphatic rings. The molecule has 0 saturated heterocycles. The van der Waals surface area contributed by atoms with E-state index >= 15 is 0 Å². The Morgan fingerprint density at radius 2 is 1.48 bits per heavy atom. The van der Waals surface area contributed by atoms with Crippen LogP contribution in [0.1, 0.15) is 38.1 Å². The van der Waals surface area contributed by atoms with Crippen LogP contribution in [0.25, 0.3) is 0 Å². The van der Waals surface area contributed by atoms with Crippen molar-refractivity contribution in [3.8, 4) is 0 Å². The van der Waals surface area contributed by atoms with Gasteiger partial charge in [-0.05, 0) is 24.6 Å². The molecule has 1 N–H and O–H groups in total. The molecule has 0 radical (unpaired) electrons. The molecule has 0 saturated carbocycles. The lowest BCUT2D eigenvalue weighted by Gasteiger charge is -2.18. The maximum Gasteiger partial charge on any atom is 0.270 e. The van der Waals surface area contributed by atoms with Gasteiger partial charge in [0, 0.05) is 11.3 Å². The number of nitrogens with one attached hydrogen (secondary N) is 1. The molecule has 1 aromatic heterocycles. The molecule has 0 spiro atoms. The zero-order chi connectivity index (χ0) is 17.6. The Morgan fingerprint density at radius 1 is 0.840 bits per heavy atom. The van der Waals surface area contributed by atoms with Crippen molar-refractivity contribution in [2.45, 2.75) is 13.0 Å². The van der Waals surface area contributed by atoms with Crippen molar-refractivity contribution in [3.63, 3.8) is 0 Å². The number of carbonyl (C=O) groups excluding carboxylic acids is 2. The van der Waals surface area contributed by atoms with Crippen LogP contribution in [0, 0.1) is 6.92 Å². The first kappa shape index (κ1) is 16.6. The van der Waals surface area contributed by atoms with Crippen molar-refractivity contribution in [2.24, 2.45) is 0 Å². The van der Waals surface area contributed by atoms with Crippen LogP contribution in [0.3, 0.4) is 0 Å². The van der Waals surface area contributed by atoms with Crippen molar-refractivity contribution in [3.05, 3.63) is 101 Å². The number of hydrogen-bond donors (Lipinski definition) is 1. The van der Waals surface area contributed by atoms with Crippen LogP contribution in [-0.2, 0) is 0 Å². The Bertz CT molecular complexity index is 877. The quantitative estimate of drug-likeness (QED) is 0.725. The molecule has 2 aromatic carbocycles. The van der Waals surface area contributed by atoms with E-state index in [2.05, 4.69) is 10.3 Å². The summed E-state index contributed by atoms with van der Waals surface area (Å²) in [5, 5.41) is 2.82. The summed E-state index contributed by atoms with van der Waals surface area (Å²) in [4.78, 5) is 29.8. The standard InChI is InChI=1S/C21H18N2O2/c1-15-9-8-14-18(22-15)21(25)23-19(16-10-4-2-5-11-16)20(24)17-12-6-3-7-13-17/h2-14,19H,1H3,(H,23,25)/t19-/m0/s1. The number of pyridine rings is 1. The SMILES string of the molecule is Cc1cccc(C(=O)N[C@H](C(=O)c2ccccc2)c2ccccc2)n1. The monoisotopic (exact) mass is 330 g/mol. The molecule has 1 amide bonds. The predicted molar refractivity (Wildman–Crippen MR) is 96.4 cm³/mol. The molecule has 1 atom stereocenters. The van der Waals surface area contributed by atoms with Gasteiger partial charge in [-0.3, -0.25) is 9.59 Å². The topological polar surface area (TPSA) is 59.1 Å². The van der Waals surface area contributed by atoms with Gasteiger partial charge < -0.3 is 5.32 Å². The summed E-state index contributed by atoms with van der Waals surface area (Å²) in [6.07, 6.45) is 0. The number of amides is 1. The summed E-state index contributed by atoms with van der Waals surface area (Å²) in [7, 11) is 0. The largest absolute Gasteiger partial charge is 0.336 e. The molecule has 0 unspecified atom stereocenters. The first-order valence-corrected chi connectivity index (χ1v) is 8.04. The Kier molecular flexibility index (Phi) is 5.00. The Labute approximate surface area is 146 Å². The third-order valence-corrected chi connectivity index (χ3v) is 3.85. The molecule has 0 fully saturated rings. The van der Waals surface area contributed by atoms with E-state index in [-0.39, 0.29) is 11.7 Å². The van der Waals surface area contributed by atoms with Crippen molar-refractivity contribution >= 4 is 11.7 Å². The Balaban J connectivity index is 1.92. The number of benzene rings is 2. The summed E-state index contributed by atoms with van der Waals surface area (Å²) >= 11 is 0. The van der Waals surface area contributed by atoms with Gasteiger partial charge >= 0.3 is 0 Å². The lowest BCUT2D eigenvalue weighted by Crippen LogP contribution is -2.34. The van der Waals surface area contributed by atoms with Gasteiger partial charge in [0.15, 0.2) is 5.78 Å². The summed E-state index contributed by atoms with van der Waals surface area (Å²) in [5.41, 5.74) is 2.33. The predicted octanol–water partition coefficient (Wildman–Crippen LogP) is 3.74. The van der Waals surface area contributed by atoms with Crippen LogP contribution in [0.2, 0.25) is 0 Å².